The lowest BCUT2D eigenvalue weighted by molar-refractivity contribution is -0.144. The summed E-state index contributed by atoms with van der Waals surface area (Å²) in [5.41, 5.74) is -0.520. The monoisotopic (exact) mass is 252 g/mol. The predicted molar refractivity (Wildman–Crippen MR) is 69.3 cm³/mol. The van der Waals surface area contributed by atoms with Crippen molar-refractivity contribution in [1.29, 1.82) is 0 Å². The first-order chi connectivity index (χ1) is 8.46. The van der Waals surface area contributed by atoms with Gasteiger partial charge in [-0.1, -0.05) is 13.0 Å². The molecule has 1 aromatic rings. The van der Waals surface area contributed by atoms with Crippen LogP contribution in [0.15, 0.2) is 18.2 Å². The molecule has 0 aliphatic rings. The number of carbonyl (C=O) groups is 1. The third kappa shape index (κ3) is 2.94. The van der Waals surface area contributed by atoms with Gasteiger partial charge in [-0.3, -0.25) is 4.79 Å². The van der Waals surface area contributed by atoms with Crippen molar-refractivity contribution in [3.63, 3.8) is 0 Å². The largest absolute Gasteiger partial charge is 0.493 e. The molecule has 0 spiro atoms. The van der Waals surface area contributed by atoms with Crippen LogP contribution in [0.2, 0.25) is 0 Å². The van der Waals surface area contributed by atoms with Gasteiger partial charge in [0.05, 0.1) is 19.6 Å². The molecule has 0 radical (unpaired) electrons. The van der Waals surface area contributed by atoms with Crippen molar-refractivity contribution in [1.82, 2.24) is 0 Å². The van der Waals surface area contributed by atoms with E-state index in [1.165, 1.54) is 7.11 Å². The highest BCUT2D eigenvalue weighted by Gasteiger charge is 2.28. The van der Waals surface area contributed by atoms with E-state index >= 15 is 0 Å². The Morgan fingerprint density at radius 2 is 1.78 bits per heavy atom. The molecule has 4 heteroatoms. The zero-order valence-electron chi connectivity index (χ0n) is 11.6. The van der Waals surface area contributed by atoms with Crippen molar-refractivity contribution in [2.45, 2.75) is 27.2 Å². The molecule has 0 saturated heterocycles. The maximum absolute atomic E-state index is 12.0. The quantitative estimate of drug-likeness (QED) is 0.597. The van der Waals surface area contributed by atoms with Crippen molar-refractivity contribution in [3.05, 3.63) is 18.2 Å². The molecule has 0 aliphatic carbocycles. The van der Waals surface area contributed by atoms with Gasteiger partial charge in [0.1, 0.15) is 0 Å². The van der Waals surface area contributed by atoms with E-state index in [-0.39, 0.29) is 5.97 Å². The van der Waals surface area contributed by atoms with E-state index in [1.54, 1.807) is 25.3 Å². The van der Waals surface area contributed by atoms with Gasteiger partial charge in [-0.05, 0) is 32.4 Å². The minimum absolute atomic E-state index is 0.281. The normalized spacial score (nSPS) is 10.9. The molecule has 0 amide bonds. The summed E-state index contributed by atoms with van der Waals surface area (Å²) in [4.78, 5) is 12.0. The summed E-state index contributed by atoms with van der Waals surface area (Å²) in [6.45, 7) is 5.65. The van der Waals surface area contributed by atoms with Crippen LogP contribution in [0.1, 0.15) is 27.2 Å². The Kier molecular flexibility index (Phi) is 4.59. The second kappa shape index (κ2) is 5.76. The van der Waals surface area contributed by atoms with Crippen LogP contribution in [0.25, 0.3) is 0 Å². The van der Waals surface area contributed by atoms with Gasteiger partial charge in [0.25, 0.3) is 0 Å². The number of carbonyl (C=O) groups excluding carboxylic acids is 1. The van der Waals surface area contributed by atoms with Gasteiger partial charge in [0.2, 0.25) is 5.75 Å². The van der Waals surface area contributed by atoms with Crippen LogP contribution >= 0.6 is 0 Å². The molecule has 0 N–H and O–H groups in total. The first-order valence-corrected chi connectivity index (χ1v) is 5.89. The lowest BCUT2D eigenvalue weighted by Gasteiger charge is -2.21. The number of ether oxygens (including phenoxy) is 3. The Labute approximate surface area is 108 Å². The summed E-state index contributed by atoms with van der Waals surface area (Å²) >= 11 is 0. The van der Waals surface area contributed by atoms with Gasteiger partial charge in [0, 0.05) is 0 Å². The summed E-state index contributed by atoms with van der Waals surface area (Å²) < 4.78 is 15.8. The lowest BCUT2D eigenvalue weighted by atomic mass is 9.91. The van der Waals surface area contributed by atoms with Crippen LogP contribution in [0.4, 0.5) is 0 Å². The number of rotatable bonds is 5. The maximum atomic E-state index is 12.0. The highest BCUT2D eigenvalue weighted by atomic mass is 16.6. The summed E-state index contributed by atoms with van der Waals surface area (Å²) in [5, 5.41) is 0. The average molecular weight is 252 g/mol. The molecule has 0 aliphatic heterocycles. The predicted octanol–water partition coefficient (Wildman–Crippen LogP) is 3.05. The molecule has 0 atom stereocenters. The topological polar surface area (TPSA) is 44.8 Å². The first-order valence-electron chi connectivity index (χ1n) is 5.89. The van der Waals surface area contributed by atoms with E-state index in [9.17, 15) is 4.79 Å². The van der Waals surface area contributed by atoms with Gasteiger partial charge < -0.3 is 14.2 Å². The number of methoxy groups -OCH3 is 2. The lowest BCUT2D eigenvalue weighted by Crippen LogP contribution is -2.28. The molecule has 18 heavy (non-hydrogen) atoms. The van der Waals surface area contributed by atoms with Gasteiger partial charge in [-0.2, -0.15) is 0 Å². The molecule has 1 aromatic carbocycles. The number of esters is 1. The summed E-state index contributed by atoms with van der Waals surface area (Å²) in [7, 11) is 3.06. The second-order valence-corrected chi connectivity index (χ2v) is 4.62. The highest BCUT2D eigenvalue weighted by molar-refractivity contribution is 5.79. The molecule has 100 valence electrons. The fourth-order valence-electron chi connectivity index (χ4n) is 1.32. The van der Waals surface area contributed by atoms with E-state index in [1.807, 2.05) is 20.8 Å². The van der Waals surface area contributed by atoms with Crippen LogP contribution < -0.4 is 14.2 Å². The summed E-state index contributed by atoms with van der Waals surface area (Å²) in [5.74, 6) is 1.07. The zero-order valence-corrected chi connectivity index (χ0v) is 11.6. The average Bonchev–Trinajstić information content (AvgIpc) is 2.38. The first kappa shape index (κ1) is 14.4. The standard InChI is InChI=1S/C14H20O4/c1-6-14(2,3)13(15)18-11-9-7-8-10(16-4)12(11)17-5/h7-9H,6H2,1-5H3. The molecule has 0 heterocycles. The van der Waals surface area contributed by atoms with Crippen molar-refractivity contribution >= 4 is 5.97 Å². The van der Waals surface area contributed by atoms with Crippen molar-refractivity contribution in [3.8, 4) is 17.2 Å². The molecule has 4 nitrogen and oxygen atoms in total. The van der Waals surface area contributed by atoms with E-state index in [0.29, 0.717) is 23.7 Å². The molecule has 0 bridgehead atoms. The minimum atomic E-state index is -0.520. The highest BCUT2D eigenvalue weighted by Crippen LogP contribution is 2.37. The molecular formula is C14H20O4. The molecule has 1 rings (SSSR count). The molecular weight excluding hydrogens is 232 g/mol. The van der Waals surface area contributed by atoms with E-state index in [2.05, 4.69) is 0 Å². The summed E-state index contributed by atoms with van der Waals surface area (Å²) in [6.07, 6.45) is 0.706. The van der Waals surface area contributed by atoms with Gasteiger partial charge in [-0.15, -0.1) is 0 Å². The third-order valence-corrected chi connectivity index (χ3v) is 3.01. The Hall–Kier alpha value is -1.71. The number of hydrogen-bond donors (Lipinski definition) is 0. The third-order valence-electron chi connectivity index (χ3n) is 3.01. The number of benzene rings is 1. The van der Waals surface area contributed by atoms with Crippen LogP contribution in [0, 0.1) is 5.41 Å². The zero-order chi connectivity index (χ0) is 13.8. The van der Waals surface area contributed by atoms with Gasteiger partial charge in [-0.25, -0.2) is 0 Å². The molecule has 0 aromatic heterocycles. The van der Waals surface area contributed by atoms with Crippen LogP contribution in [-0.4, -0.2) is 20.2 Å². The Morgan fingerprint density at radius 1 is 1.17 bits per heavy atom. The van der Waals surface area contributed by atoms with E-state index in [4.69, 9.17) is 14.2 Å². The van der Waals surface area contributed by atoms with Crippen LogP contribution in [-0.2, 0) is 4.79 Å². The van der Waals surface area contributed by atoms with Crippen molar-refractivity contribution in [2.24, 2.45) is 5.41 Å². The van der Waals surface area contributed by atoms with E-state index < -0.39 is 5.41 Å². The number of hydrogen-bond acceptors (Lipinski definition) is 4. The van der Waals surface area contributed by atoms with E-state index in [0.717, 1.165) is 0 Å². The van der Waals surface area contributed by atoms with Crippen molar-refractivity contribution in [2.75, 3.05) is 14.2 Å². The van der Waals surface area contributed by atoms with Crippen LogP contribution in [0.5, 0.6) is 17.2 Å². The fourth-order valence-corrected chi connectivity index (χ4v) is 1.32. The molecule has 0 fully saturated rings. The smallest absolute Gasteiger partial charge is 0.317 e. The molecule has 0 saturated carbocycles. The number of para-hydroxylation sites is 1. The Balaban J connectivity index is 3.01. The Bertz CT molecular complexity index is 424. The van der Waals surface area contributed by atoms with Crippen molar-refractivity contribution < 1.29 is 19.0 Å². The Morgan fingerprint density at radius 3 is 2.28 bits per heavy atom. The van der Waals surface area contributed by atoms with Gasteiger partial charge >= 0.3 is 5.97 Å². The van der Waals surface area contributed by atoms with Gasteiger partial charge in [0.15, 0.2) is 11.5 Å². The maximum Gasteiger partial charge on any atom is 0.317 e. The minimum Gasteiger partial charge on any atom is -0.493 e. The van der Waals surface area contributed by atoms with Crippen LogP contribution in [0.3, 0.4) is 0 Å². The summed E-state index contributed by atoms with van der Waals surface area (Å²) in [6, 6.07) is 5.19. The second-order valence-electron chi connectivity index (χ2n) is 4.62. The fraction of sp³-hybridized carbons (Fsp3) is 0.500. The SMILES string of the molecule is CCC(C)(C)C(=O)Oc1cccc(OC)c1OC. The molecule has 0 unspecified atom stereocenters.